The second-order valence-electron chi connectivity index (χ2n) is 5.41. The zero-order valence-electron chi connectivity index (χ0n) is 13.0. The van der Waals surface area contributed by atoms with E-state index in [9.17, 15) is 4.79 Å². The van der Waals surface area contributed by atoms with Crippen LogP contribution in [-0.2, 0) is 17.6 Å². The number of nitrogens with zero attached hydrogens (tertiary/aromatic N) is 4. The van der Waals surface area contributed by atoms with Crippen molar-refractivity contribution >= 4 is 27.5 Å². The number of pyridine rings is 1. The first-order valence-corrected chi connectivity index (χ1v) is 8.39. The Kier molecular flexibility index (Phi) is 3.95. The molecule has 0 radical (unpaired) electrons. The van der Waals surface area contributed by atoms with Gasteiger partial charge in [0.2, 0.25) is 17.7 Å². The average molecular weight is 351 g/mol. The summed E-state index contributed by atoms with van der Waals surface area (Å²) in [5, 5.41) is 8.61. The smallest absolute Gasteiger partial charge is 0.226 e. The van der Waals surface area contributed by atoms with Crippen LogP contribution in [0.15, 0.2) is 47.0 Å². The van der Waals surface area contributed by atoms with E-state index in [1.165, 1.54) is 0 Å². The number of aromatic nitrogens is 4. The highest BCUT2D eigenvalue weighted by atomic mass is 32.1. The number of primary amides is 1. The fourth-order valence-corrected chi connectivity index (χ4v) is 3.45. The number of benzene rings is 1. The highest BCUT2D eigenvalue weighted by molar-refractivity contribution is 7.18. The lowest BCUT2D eigenvalue weighted by Gasteiger charge is -1.99. The quantitative estimate of drug-likeness (QED) is 0.591. The molecular weight excluding hydrogens is 338 g/mol. The summed E-state index contributed by atoms with van der Waals surface area (Å²) in [7, 11) is 0. The Morgan fingerprint density at radius 3 is 2.84 bits per heavy atom. The summed E-state index contributed by atoms with van der Waals surface area (Å²) in [6.45, 7) is 0. The van der Waals surface area contributed by atoms with E-state index >= 15 is 0 Å². The van der Waals surface area contributed by atoms with Gasteiger partial charge in [-0.25, -0.2) is 4.98 Å². The number of thiazole rings is 1. The molecule has 1 aromatic carbocycles. The van der Waals surface area contributed by atoms with Crippen LogP contribution in [0, 0.1) is 0 Å². The fraction of sp³-hybridized carbons (Fsp3) is 0.118. The summed E-state index contributed by atoms with van der Waals surface area (Å²) < 4.78 is 6.49. The van der Waals surface area contributed by atoms with Crippen molar-refractivity contribution in [3.63, 3.8) is 0 Å². The molecule has 0 unspecified atom stereocenters. The normalized spacial score (nSPS) is 11.0. The first-order chi connectivity index (χ1) is 12.2. The molecule has 8 heteroatoms. The molecule has 3 aromatic heterocycles. The van der Waals surface area contributed by atoms with Gasteiger partial charge in [0.1, 0.15) is 11.4 Å². The molecule has 0 spiro atoms. The minimum atomic E-state index is -0.503. The number of nitrogens with two attached hydrogens (primary N) is 1. The molecule has 0 aliphatic carbocycles. The molecule has 4 aromatic rings. The molecule has 0 aliphatic heterocycles. The minimum Gasteiger partial charge on any atom is -0.424 e. The zero-order valence-corrected chi connectivity index (χ0v) is 13.9. The third-order valence-electron chi connectivity index (χ3n) is 3.53. The number of amides is 1. The van der Waals surface area contributed by atoms with Crippen LogP contribution in [0.25, 0.3) is 21.5 Å². The van der Waals surface area contributed by atoms with Gasteiger partial charge in [-0.3, -0.25) is 9.78 Å². The van der Waals surface area contributed by atoms with E-state index in [0.717, 1.165) is 26.5 Å². The molecule has 0 atom stereocenters. The second-order valence-corrected chi connectivity index (χ2v) is 6.53. The molecule has 3 heterocycles. The lowest BCUT2D eigenvalue weighted by Crippen LogP contribution is -2.13. The molecule has 2 N–H and O–H groups in total. The lowest BCUT2D eigenvalue weighted by atomic mass is 10.1. The van der Waals surface area contributed by atoms with Crippen LogP contribution >= 0.6 is 11.3 Å². The predicted octanol–water partition coefficient (Wildman–Crippen LogP) is 2.36. The monoisotopic (exact) mass is 351 g/mol. The SMILES string of the molecule is NC(=O)Cc1nnc(Cc2nc3ccc(-c4ccccn4)cc3s2)o1. The van der Waals surface area contributed by atoms with E-state index < -0.39 is 5.91 Å². The van der Waals surface area contributed by atoms with Gasteiger partial charge in [-0.05, 0) is 24.3 Å². The molecule has 0 aliphatic rings. The second kappa shape index (κ2) is 6.40. The van der Waals surface area contributed by atoms with Gasteiger partial charge in [-0.15, -0.1) is 21.5 Å². The number of carbonyl (C=O) groups excluding carboxylic acids is 1. The van der Waals surface area contributed by atoms with Crippen LogP contribution in [0.1, 0.15) is 16.8 Å². The van der Waals surface area contributed by atoms with Gasteiger partial charge in [-0.2, -0.15) is 0 Å². The topological polar surface area (TPSA) is 108 Å². The molecule has 25 heavy (non-hydrogen) atoms. The summed E-state index contributed by atoms with van der Waals surface area (Å²) in [6.07, 6.45) is 2.14. The molecule has 1 amide bonds. The number of rotatable bonds is 5. The van der Waals surface area contributed by atoms with Crippen molar-refractivity contribution in [2.24, 2.45) is 5.73 Å². The van der Waals surface area contributed by atoms with E-state index in [-0.39, 0.29) is 12.3 Å². The van der Waals surface area contributed by atoms with E-state index in [2.05, 4.69) is 26.2 Å². The first kappa shape index (κ1) is 15.4. The Morgan fingerprint density at radius 2 is 2.04 bits per heavy atom. The van der Waals surface area contributed by atoms with Gasteiger partial charge in [0.25, 0.3) is 0 Å². The molecule has 0 saturated carbocycles. The Hall–Kier alpha value is -3.13. The predicted molar refractivity (Wildman–Crippen MR) is 92.9 cm³/mol. The van der Waals surface area contributed by atoms with Crippen LogP contribution < -0.4 is 5.73 Å². The van der Waals surface area contributed by atoms with E-state index in [1.54, 1.807) is 17.5 Å². The van der Waals surface area contributed by atoms with Crippen LogP contribution in [0.4, 0.5) is 0 Å². The van der Waals surface area contributed by atoms with Crippen LogP contribution in [0.3, 0.4) is 0 Å². The van der Waals surface area contributed by atoms with E-state index in [1.807, 2.05) is 30.3 Å². The van der Waals surface area contributed by atoms with Gasteiger partial charge in [-0.1, -0.05) is 12.1 Å². The van der Waals surface area contributed by atoms with Crippen molar-refractivity contribution in [2.75, 3.05) is 0 Å². The molecule has 0 fully saturated rings. The average Bonchev–Trinajstić information content (AvgIpc) is 3.20. The Bertz CT molecular complexity index is 1040. The fourth-order valence-electron chi connectivity index (χ4n) is 2.45. The number of hydrogen-bond donors (Lipinski definition) is 1. The summed E-state index contributed by atoms with van der Waals surface area (Å²) in [5.41, 5.74) is 8.00. The van der Waals surface area contributed by atoms with Crippen molar-refractivity contribution in [1.29, 1.82) is 0 Å². The zero-order chi connectivity index (χ0) is 17.2. The summed E-state index contributed by atoms with van der Waals surface area (Å²) in [4.78, 5) is 19.8. The van der Waals surface area contributed by atoms with Crippen molar-refractivity contribution in [3.8, 4) is 11.3 Å². The molecule has 124 valence electrons. The summed E-state index contributed by atoms with van der Waals surface area (Å²) in [6, 6.07) is 11.9. The maximum absolute atomic E-state index is 10.9. The molecule has 4 rings (SSSR count). The standard InChI is InChI=1S/C17H13N5O2S/c18-14(23)8-15-21-22-16(24-15)9-17-20-12-5-4-10(7-13(12)25-17)11-3-1-2-6-19-11/h1-7H,8-9H2,(H2,18,23). The Balaban J connectivity index is 1.59. The first-order valence-electron chi connectivity index (χ1n) is 7.58. The van der Waals surface area contributed by atoms with Gasteiger partial charge in [0.15, 0.2) is 0 Å². The third-order valence-corrected chi connectivity index (χ3v) is 4.55. The molecule has 0 bridgehead atoms. The van der Waals surface area contributed by atoms with Crippen molar-refractivity contribution in [3.05, 3.63) is 59.4 Å². The number of hydrogen-bond acceptors (Lipinski definition) is 7. The summed E-state index contributed by atoms with van der Waals surface area (Å²) in [5.74, 6) is 0.138. The van der Waals surface area contributed by atoms with E-state index in [4.69, 9.17) is 10.2 Å². The van der Waals surface area contributed by atoms with E-state index in [0.29, 0.717) is 12.3 Å². The Morgan fingerprint density at radius 1 is 1.16 bits per heavy atom. The van der Waals surface area contributed by atoms with Crippen molar-refractivity contribution in [1.82, 2.24) is 20.2 Å². The molecule has 0 saturated heterocycles. The van der Waals surface area contributed by atoms with Crippen LogP contribution in [-0.4, -0.2) is 26.1 Å². The van der Waals surface area contributed by atoms with Crippen molar-refractivity contribution < 1.29 is 9.21 Å². The highest BCUT2D eigenvalue weighted by Crippen LogP contribution is 2.28. The van der Waals surface area contributed by atoms with Crippen LogP contribution in [0.5, 0.6) is 0 Å². The molecular formula is C17H13N5O2S. The van der Waals surface area contributed by atoms with Gasteiger partial charge in [0, 0.05) is 11.8 Å². The van der Waals surface area contributed by atoms with Gasteiger partial charge in [0.05, 0.1) is 22.3 Å². The minimum absolute atomic E-state index is 0.0553. The lowest BCUT2D eigenvalue weighted by molar-refractivity contribution is -0.117. The van der Waals surface area contributed by atoms with Crippen LogP contribution in [0.2, 0.25) is 0 Å². The highest BCUT2D eigenvalue weighted by Gasteiger charge is 2.12. The van der Waals surface area contributed by atoms with Gasteiger partial charge >= 0.3 is 0 Å². The Labute approximate surface area is 146 Å². The third kappa shape index (κ3) is 3.38. The maximum Gasteiger partial charge on any atom is 0.226 e. The molecule has 7 nitrogen and oxygen atoms in total. The van der Waals surface area contributed by atoms with Gasteiger partial charge < -0.3 is 10.2 Å². The number of fused-ring (bicyclic) bond motifs is 1. The largest absolute Gasteiger partial charge is 0.424 e. The van der Waals surface area contributed by atoms with Crippen molar-refractivity contribution in [2.45, 2.75) is 12.8 Å². The maximum atomic E-state index is 10.9. The number of carbonyl (C=O) groups is 1. The summed E-state index contributed by atoms with van der Waals surface area (Å²) >= 11 is 1.57.